The van der Waals surface area contributed by atoms with Gasteiger partial charge in [0, 0.05) is 31.5 Å². The summed E-state index contributed by atoms with van der Waals surface area (Å²) >= 11 is 0. The summed E-state index contributed by atoms with van der Waals surface area (Å²) in [5, 5.41) is 3.34. The number of carbonyl (C=O) groups excluding carboxylic acids is 1. The van der Waals surface area contributed by atoms with Crippen molar-refractivity contribution < 1.29 is 9.53 Å². The highest BCUT2D eigenvalue weighted by atomic mass is 16.5. The molecule has 1 saturated carbocycles. The minimum atomic E-state index is -0.227. The molecule has 2 rings (SSSR count). The molecule has 0 spiro atoms. The maximum Gasteiger partial charge on any atom is 0.324 e. The highest BCUT2D eigenvalue weighted by Crippen LogP contribution is 2.19. The van der Waals surface area contributed by atoms with Gasteiger partial charge in [0.05, 0.1) is 7.11 Å². The molecular formula is C15H23N3O2. The first-order valence-corrected chi connectivity index (χ1v) is 7.10. The summed E-state index contributed by atoms with van der Waals surface area (Å²) < 4.78 is 4.87. The van der Waals surface area contributed by atoms with E-state index in [1.807, 2.05) is 19.2 Å². The van der Waals surface area contributed by atoms with E-state index >= 15 is 0 Å². The number of nitrogens with one attached hydrogen (secondary N) is 1. The molecule has 0 bridgehead atoms. The highest BCUT2D eigenvalue weighted by molar-refractivity contribution is 5.76. The molecule has 5 heteroatoms. The van der Waals surface area contributed by atoms with Crippen LogP contribution in [0.15, 0.2) is 24.5 Å². The van der Waals surface area contributed by atoms with E-state index in [4.69, 9.17) is 4.74 Å². The molecule has 1 unspecified atom stereocenters. The molecule has 1 atom stereocenters. The van der Waals surface area contributed by atoms with Crippen LogP contribution in [0.5, 0.6) is 0 Å². The van der Waals surface area contributed by atoms with E-state index in [1.165, 1.54) is 12.7 Å². The second-order valence-electron chi connectivity index (χ2n) is 5.38. The van der Waals surface area contributed by atoms with Gasteiger partial charge >= 0.3 is 5.97 Å². The third kappa shape index (κ3) is 4.90. The minimum absolute atomic E-state index is 0.173. The van der Waals surface area contributed by atoms with Gasteiger partial charge in [-0.1, -0.05) is 0 Å². The Labute approximate surface area is 120 Å². The van der Waals surface area contributed by atoms with Gasteiger partial charge in [-0.05, 0) is 44.0 Å². The highest BCUT2D eigenvalue weighted by Gasteiger charge is 2.29. The second-order valence-corrected chi connectivity index (χ2v) is 5.38. The molecule has 0 amide bonds. The van der Waals surface area contributed by atoms with E-state index in [0.717, 1.165) is 25.8 Å². The number of methoxy groups -OCH3 is 1. The molecule has 0 aromatic carbocycles. The van der Waals surface area contributed by atoms with Gasteiger partial charge in [0.25, 0.3) is 0 Å². The van der Waals surface area contributed by atoms with Gasteiger partial charge in [-0.15, -0.1) is 0 Å². The molecule has 1 fully saturated rings. The monoisotopic (exact) mass is 277 g/mol. The predicted molar refractivity (Wildman–Crippen MR) is 77.4 cm³/mol. The number of aromatic nitrogens is 1. The third-order valence-corrected chi connectivity index (χ3v) is 3.53. The van der Waals surface area contributed by atoms with Crippen molar-refractivity contribution in [1.82, 2.24) is 15.2 Å². The molecule has 0 radical (unpaired) electrons. The normalized spacial score (nSPS) is 16.1. The SMILES string of the molecule is COC(=O)C(CN(C)CCc1ccncc1)NC1CC1. The zero-order valence-corrected chi connectivity index (χ0v) is 12.2. The molecule has 5 nitrogen and oxygen atoms in total. The summed E-state index contributed by atoms with van der Waals surface area (Å²) in [7, 11) is 3.48. The van der Waals surface area contributed by atoms with Crippen molar-refractivity contribution in [1.29, 1.82) is 0 Å². The van der Waals surface area contributed by atoms with Crippen LogP contribution in [-0.4, -0.2) is 55.2 Å². The Morgan fingerprint density at radius 1 is 1.50 bits per heavy atom. The second kappa shape index (κ2) is 7.36. The summed E-state index contributed by atoms with van der Waals surface area (Å²) in [6.07, 6.45) is 6.89. The molecule has 1 aliphatic rings. The number of ether oxygens (including phenoxy) is 1. The number of carbonyl (C=O) groups is 1. The third-order valence-electron chi connectivity index (χ3n) is 3.53. The van der Waals surface area contributed by atoms with E-state index in [9.17, 15) is 4.79 Å². The minimum Gasteiger partial charge on any atom is -0.468 e. The van der Waals surface area contributed by atoms with Crippen LogP contribution >= 0.6 is 0 Å². The van der Waals surface area contributed by atoms with Gasteiger partial charge < -0.3 is 15.0 Å². The van der Waals surface area contributed by atoms with Gasteiger partial charge in [0.2, 0.25) is 0 Å². The summed E-state index contributed by atoms with van der Waals surface area (Å²) in [5.74, 6) is -0.173. The van der Waals surface area contributed by atoms with Crippen molar-refractivity contribution in [2.24, 2.45) is 0 Å². The summed E-state index contributed by atoms with van der Waals surface area (Å²) in [5.41, 5.74) is 1.26. The Morgan fingerprint density at radius 2 is 2.20 bits per heavy atom. The standard InChI is InChI=1S/C15H23N3O2/c1-18(10-7-12-5-8-16-9-6-12)11-14(15(19)20-2)17-13-3-4-13/h5-6,8-9,13-14,17H,3-4,7,10-11H2,1-2H3. The van der Waals surface area contributed by atoms with Crippen LogP contribution in [0, 0.1) is 0 Å². The van der Waals surface area contributed by atoms with Crippen molar-refractivity contribution in [3.05, 3.63) is 30.1 Å². The fourth-order valence-corrected chi connectivity index (χ4v) is 2.14. The maximum absolute atomic E-state index is 11.8. The van der Waals surface area contributed by atoms with Crippen molar-refractivity contribution in [3.63, 3.8) is 0 Å². The van der Waals surface area contributed by atoms with Crippen molar-refractivity contribution in [2.75, 3.05) is 27.2 Å². The van der Waals surface area contributed by atoms with E-state index in [-0.39, 0.29) is 12.0 Å². The summed E-state index contributed by atoms with van der Waals surface area (Å²) in [6.45, 7) is 1.58. The number of pyridine rings is 1. The first-order chi connectivity index (χ1) is 9.69. The zero-order valence-electron chi connectivity index (χ0n) is 12.2. The topological polar surface area (TPSA) is 54.5 Å². The molecular weight excluding hydrogens is 254 g/mol. The van der Waals surface area contributed by atoms with Gasteiger partial charge in [0.15, 0.2) is 0 Å². The fraction of sp³-hybridized carbons (Fsp3) is 0.600. The lowest BCUT2D eigenvalue weighted by Crippen LogP contribution is -2.47. The number of likely N-dealkylation sites (N-methyl/N-ethyl adjacent to an activating group) is 1. The Balaban J connectivity index is 1.78. The summed E-state index contributed by atoms with van der Waals surface area (Å²) in [4.78, 5) is 17.9. The largest absolute Gasteiger partial charge is 0.468 e. The van der Waals surface area contributed by atoms with E-state index in [2.05, 4.69) is 15.2 Å². The van der Waals surface area contributed by atoms with Gasteiger partial charge in [-0.25, -0.2) is 0 Å². The molecule has 0 aliphatic heterocycles. The predicted octanol–water partition coefficient (Wildman–Crippen LogP) is 0.849. The first kappa shape index (κ1) is 14.9. The number of rotatable bonds is 8. The van der Waals surface area contributed by atoms with Crippen LogP contribution in [0.25, 0.3) is 0 Å². The summed E-state index contributed by atoms with van der Waals surface area (Å²) in [6, 6.07) is 4.31. The van der Waals surface area contributed by atoms with Gasteiger partial charge in [-0.3, -0.25) is 9.78 Å². The number of esters is 1. The number of hydrogen-bond donors (Lipinski definition) is 1. The molecule has 110 valence electrons. The smallest absolute Gasteiger partial charge is 0.324 e. The lowest BCUT2D eigenvalue weighted by Gasteiger charge is -2.23. The Bertz CT molecular complexity index is 420. The van der Waals surface area contributed by atoms with Gasteiger partial charge in [0.1, 0.15) is 6.04 Å². The first-order valence-electron chi connectivity index (χ1n) is 7.10. The quantitative estimate of drug-likeness (QED) is 0.714. The number of nitrogens with zero attached hydrogens (tertiary/aromatic N) is 2. The van der Waals surface area contributed by atoms with Crippen LogP contribution in [-0.2, 0) is 16.0 Å². The average molecular weight is 277 g/mol. The Kier molecular flexibility index (Phi) is 5.49. The molecule has 0 saturated heterocycles. The van der Waals surface area contributed by atoms with Crippen LogP contribution < -0.4 is 5.32 Å². The molecule has 1 aromatic rings. The number of hydrogen-bond acceptors (Lipinski definition) is 5. The zero-order chi connectivity index (χ0) is 14.4. The van der Waals surface area contributed by atoms with E-state index < -0.39 is 0 Å². The molecule has 1 aromatic heterocycles. The van der Waals surface area contributed by atoms with Crippen molar-refractivity contribution in [3.8, 4) is 0 Å². The van der Waals surface area contributed by atoms with E-state index in [1.54, 1.807) is 12.4 Å². The fourth-order valence-electron chi connectivity index (χ4n) is 2.14. The molecule has 1 heterocycles. The molecule has 1 aliphatic carbocycles. The van der Waals surface area contributed by atoms with Gasteiger partial charge in [-0.2, -0.15) is 0 Å². The Morgan fingerprint density at radius 3 is 2.80 bits per heavy atom. The van der Waals surface area contributed by atoms with Crippen LogP contribution in [0.4, 0.5) is 0 Å². The lowest BCUT2D eigenvalue weighted by molar-refractivity contribution is -0.143. The van der Waals surface area contributed by atoms with Crippen molar-refractivity contribution >= 4 is 5.97 Å². The van der Waals surface area contributed by atoms with Crippen LogP contribution in [0.1, 0.15) is 18.4 Å². The van der Waals surface area contributed by atoms with Crippen LogP contribution in [0.3, 0.4) is 0 Å². The lowest BCUT2D eigenvalue weighted by atomic mass is 10.2. The average Bonchev–Trinajstić information content (AvgIpc) is 3.28. The molecule has 20 heavy (non-hydrogen) atoms. The molecule has 1 N–H and O–H groups in total. The van der Waals surface area contributed by atoms with E-state index in [0.29, 0.717) is 12.6 Å². The Hall–Kier alpha value is -1.46. The maximum atomic E-state index is 11.8. The van der Waals surface area contributed by atoms with Crippen LogP contribution in [0.2, 0.25) is 0 Å². The van der Waals surface area contributed by atoms with Crippen molar-refractivity contribution in [2.45, 2.75) is 31.3 Å².